The molecule has 29 heavy (non-hydrogen) atoms. The summed E-state index contributed by atoms with van der Waals surface area (Å²) in [7, 11) is 1.90. The van der Waals surface area contributed by atoms with Gasteiger partial charge in [-0.15, -0.1) is 0 Å². The molecule has 2 N–H and O–H groups in total. The Morgan fingerprint density at radius 2 is 2.03 bits per heavy atom. The van der Waals surface area contributed by atoms with Crippen LogP contribution in [0.25, 0.3) is 11.5 Å². The molecule has 7 nitrogen and oxygen atoms in total. The minimum Gasteiger partial charge on any atom is -0.396 e. The number of rotatable bonds is 6. The number of hydrogen-bond donors (Lipinski definition) is 2. The topological polar surface area (TPSA) is 92.9 Å². The fourth-order valence-electron chi connectivity index (χ4n) is 4.71. The third kappa shape index (κ3) is 4.06. The molecule has 0 bridgehead atoms. The molecule has 2 aliphatic rings. The molecule has 0 spiro atoms. The number of amides is 1. The maximum Gasteiger partial charge on any atom is 0.270 e. The first kappa shape index (κ1) is 20.0. The van der Waals surface area contributed by atoms with Crippen LogP contribution in [0.1, 0.15) is 80.4 Å². The zero-order valence-electron chi connectivity index (χ0n) is 17.4. The van der Waals surface area contributed by atoms with Crippen LogP contribution in [-0.4, -0.2) is 43.2 Å². The van der Waals surface area contributed by atoms with E-state index < -0.39 is 0 Å². The Labute approximate surface area is 172 Å². The SMILES string of the molecule is CCC1(CO)CC(c2cc(C(=O)NC3CCCCC3)nc(-c3cncn3C)n2)C1. The van der Waals surface area contributed by atoms with Crippen molar-refractivity contribution in [1.82, 2.24) is 24.8 Å². The van der Waals surface area contributed by atoms with Crippen LogP contribution in [0, 0.1) is 5.41 Å². The number of nitrogens with one attached hydrogen (secondary N) is 1. The zero-order valence-corrected chi connectivity index (χ0v) is 17.4. The minimum atomic E-state index is -0.118. The van der Waals surface area contributed by atoms with Gasteiger partial charge in [-0.05, 0) is 43.6 Å². The summed E-state index contributed by atoms with van der Waals surface area (Å²) < 4.78 is 1.87. The Kier molecular flexibility index (Phi) is 5.67. The van der Waals surface area contributed by atoms with Crippen molar-refractivity contribution in [1.29, 1.82) is 0 Å². The van der Waals surface area contributed by atoms with Crippen LogP contribution in [0.4, 0.5) is 0 Å². The molecule has 2 aromatic heterocycles. The normalized spacial score (nSPS) is 24.9. The Morgan fingerprint density at radius 1 is 1.28 bits per heavy atom. The van der Waals surface area contributed by atoms with E-state index in [2.05, 4.69) is 22.2 Å². The molecule has 1 amide bonds. The largest absolute Gasteiger partial charge is 0.396 e. The van der Waals surface area contributed by atoms with Gasteiger partial charge in [-0.3, -0.25) is 4.79 Å². The lowest BCUT2D eigenvalue weighted by atomic mass is 9.60. The summed E-state index contributed by atoms with van der Waals surface area (Å²) in [4.78, 5) is 26.5. The molecule has 2 aliphatic carbocycles. The fourth-order valence-corrected chi connectivity index (χ4v) is 4.71. The lowest BCUT2D eigenvalue weighted by Gasteiger charge is -2.46. The van der Waals surface area contributed by atoms with Crippen LogP contribution >= 0.6 is 0 Å². The number of aryl methyl sites for hydroxylation is 1. The Balaban J connectivity index is 1.62. The van der Waals surface area contributed by atoms with Crippen LogP contribution in [0.5, 0.6) is 0 Å². The molecule has 0 atom stereocenters. The summed E-state index contributed by atoms with van der Waals surface area (Å²) >= 11 is 0. The first-order valence-corrected chi connectivity index (χ1v) is 10.8. The van der Waals surface area contributed by atoms with E-state index in [1.807, 2.05) is 17.7 Å². The molecular weight excluding hydrogens is 366 g/mol. The summed E-state index contributed by atoms with van der Waals surface area (Å²) in [6.45, 7) is 2.32. The van der Waals surface area contributed by atoms with E-state index in [-0.39, 0.29) is 29.9 Å². The predicted molar refractivity (Wildman–Crippen MR) is 110 cm³/mol. The summed E-state index contributed by atoms with van der Waals surface area (Å²) in [5.74, 6) is 0.666. The summed E-state index contributed by atoms with van der Waals surface area (Å²) in [6, 6.07) is 2.08. The van der Waals surface area contributed by atoms with Crippen molar-refractivity contribution >= 4 is 5.91 Å². The smallest absolute Gasteiger partial charge is 0.270 e. The highest BCUT2D eigenvalue weighted by molar-refractivity contribution is 5.93. The van der Waals surface area contributed by atoms with Gasteiger partial charge in [-0.2, -0.15) is 0 Å². The molecule has 0 aromatic carbocycles. The second-order valence-corrected chi connectivity index (χ2v) is 8.82. The number of aliphatic hydroxyl groups is 1. The van der Waals surface area contributed by atoms with Gasteiger partial charge < -0.3 is 15.0 Å². The van der Waals surface area contributed by atoms with E-state index in [0.29, 0.717) is 11.5 Å². The van der Waals surface area contributed by atoms with Crippen molar-refractivity contribution < 1.29 is 9.90 Å². The van der Waals surface area contributed by atoms with Gasteiger partial charge in [-0.25, -0.2) is 15.0 Å². The van der Waals surface area contributed by atoms with Crippen molar-refractivity contribution in [2.24, 2.45) is 12.5 Å². The molecule has 0 aliphatic heterocycles. The van der Waals surface area contributed by atoms with Gasteiger partial charge in [0.25, 0.3) is 5.91 Å². The van der Waals surface area contributed by atoms with Gasteiger partial charge in [0, 0.05) is 31.3 Å². The lowest BCUT2D eigenvalue weighted by molar-refractivity contribution is 0.0203. The monoisotopic (exact) mass is 397 g/mol. The second-order valence-electron chi connectivity index (χ2n) is 8.82. The summed E-state index contributed by atoms with van der Waals surface area (Å²) in [5, 5.41) is 12.9. The molecule has 2 heterocycles. The molecule has 0 radical (unpaired) electrons. The Morgan fingerprint density at radius 3 is 2.66 bits per heavy atom. The van der Waals surface area contributed by atoms with Gasteiger partial charge in [0.2, 0.25) is 0 Å². The maximum absolute atomic E-state index is 13.0. The minimum absolute atomic E-state index is 0.00711. The molecule has 156 valence electrons. The maximum atomic E-state index is 13.0. The van der Waals surface area contributed by atoms with Crippen molar-refractivity contribution in [2.45, 2.75) is 70.3 Å². The molecule has 2 saturated carbocycles. The highest BCUT2D eigenvalue weighted by atomic mass is 16.3. The predicted octanol–water partition coefficient (Wildman–Crippen LogP) is 3.21. The van der Waals surface area contributed by atoms with Crippen LogP contribution in [0.3, 0.4) is 0 Å². The number of carbonyl (C=O) groups excluding carboxylic acids is 1. The number of nitrogens with zero attached hydrogens (tertiary/aromatic N) is 4. The summed E-state index contributed by atoms with van der Waals surface area (Å²) in [6.07, 6.45) is 11.8. The van der Waals surface area contributed by atoms with Gasteiger partial charge in [0.1, 0.15) is 11.4 Å². The number of imidazole rings is 1. The van der Waals surface area contributed by atoms with E-state index in [1.165, 1.54) is 19.3 Å². The van der Waals surface area contributed by atoms with Gasteiger partial charge >= 0.3 is 0 Å². The number of aromatic nitrogens is 4. The quantitative estimate of drug-likeness (QED) is 0.781. The fraction of sp³-hybridized carbons (Fsp3) is 0.636. The Bertz CT molecular complexity index is 860. The van der Waals surface area contributed by atoms with Crippen molar-refractivity contribution in [3.8, 4) is 11.5 Å². The van der Waals surface area contributed by atoms with Gasteiger partial charge in [-0.1, -0.05) is 26.2 Å². The second kappa shape index (κ2) is 8.22. The van der Waals surface area contributed by atoms with E-state index in [9.17, 15) is 9.90 Å². The molecule has 0 saturated heterocycles. The summed E-state index contributed by atoms with van der Waals surface area (Å²) in [5.41, 5.74) is 2.10. The zero-order chi connectivity index (χ0) is 20.4. The molecule has 7 heteroatoms. The van der Waals surface area contributed by atoms with E-state index in [0.717, 1.165) is 43.5 Å². The van der Waals surface area contributed by atoms with Gasteiger partial charge in [0.15, 0.2) is 5.82 Å². The lowest BCUT2D eigenvalue weighted by Crippen LogP contribution is -2.39. The van der Waals surface area contributed by atoms with Crippen molar-refractivity contribution in [2.75, 3.05) is 6.61 Å². The Hall–Kier alpha value is -2.28. The number of carbonyl (C=O) groups is 1. The first-order valence-electron chi connectivity index (χ1n) is 10.8. The molecular formula is C22H31N5O2. The average molecular weight is 398 g/mol. The van der Waals surface area contributed by atoms with Gasteiger partial charge in [0.05, 0.1) is 12.5 Å². The third-order valence-electron chi connectivity index (χ3n) is 6.83. The van der Waals surface area contributed by atoms with E-state index in [1.54, 1.807) is 12.5 Å². The van der Waals surface area contributed by atoms with E-state index in [4.69, 9.17) is 4.98 Å². The highest BCUT2D eigenvalue weighted by Crippen LogP contribution is 2.52. The third-order valence-corrected chi connectivity index (χ3v) is 6.83. The molecule has 4 rings (SSSR count). The molecule has 2 fully saturated rings. The standard InChI is InChI=1S/C22H31N5O2/c1-3-22(13-28)10-15(11-22)17-9-18(21(29)24-16-7-5-4-6-8-16)26-20(25-17)19-12-23-14-27(19)2/h9,12,14-16,28H,3-8,10-11,13H2,1-2H3,(H,24,29). The van der Waals surface area contributed by atoms with Crippen LogP contribution in [0.15, 0.2) is 18.6 Å². The van der Waals surface area contributed by atoms with Crippen LogP contribution in [0.2, 0.25) is 0 Å². The molecule has 0 unspecified atom stereocenters. The highest BCUT2D eigenvalue weighted by Gasteiger charge is 2.44. The number of hydrogen-bond acceptors (Lipinski definition) is 5. The van der Waals surface area contributed by atoms with Crippen LogP contribution < -0.4 is 5.32 Å². The average Bonchev–Trinajstić information content (AvgIpc) is 3.14. The van der Waals surface area contributed by atoms with Crippen molar-refractivity contribution in [3.63, 3.8) is 0 Å². The number of aliphatic hydroxyl groups excluding tert-OH is 1. The van der Waals surface area contributed by atoms with Crippen molar-refractivity contribution in [3.05, 3.63) is 30.0 Å². The first-order chi connectivity index (χ1) is 14.0. The van der Waals surface area contributed by atoms with E-state index >= 15 is 0 Å². The van der Waals surface area contributed by atoms with Crippen LogP contribution in [-0.2, 0) is 7.05 Å². The molecule has 2 aromatic rings.